The van der Waals surface area contributed by atoms with Crippen molar-refractivity contribution in [3.8, 4) is 5.75 Å². The largest absolute Gasteiger partial charge is 0.487 e. The van der Waals surface area contributed by atoms with Crippen molar-refractivity contribution in [2.45, 2.75) is 19.4 Å². The van der Waals surface area contributed by atoms with Crippen LogP contribution in [0.25, 0.3) is 0 Å². The number of halogens is 1. The fourth-order valence-corrected chi connectivity index (χ4v) is 1.92. The Bertz CT molecular complexity index is 614. The first-order valence-electron chi connectivity index (χ1n) is 5.98. The summed E-state index contributed by atoms with van der Waals surface area (Å²) in [5.74, 6) is 0.953. The van der Waals surface area contributed by atoms with Crippen molar-refractivity contribution in [1.82, 2.24) is 4.98 Å². The van der Waals surface area contributed by atoms with E-state index in [1.54, 1.807) is 31.3 Å². The molecule has 0 amide bonds. The highest BCUT2D eigenvalue weighted by Gasteiger charge is 2.13. The first-order valence-corrected chi connectivity index (χ1v) is 6.52. The van der Waals surface area contributed by atoms with Gasteiger partial charge in [-0.1, -0.05) is 12.1 Å². The van der Waals surface area contributed by atoms with Crippen LogP contribution in [0.4, 0.5) is 5.69 Å². The Labute approximate surface area is 121 Å². The molecule has 104 valence electrons. The third kappa shape index (κ3) is 3.24. The molecular formula is C14H13ClN2O3. The second-order valence-corrected chi connectivity index (χ2v) is 4.49. The Kier molecular flexibility index (Phi) is 4.53. The maximum atomic E-state index is 10.9. The molecule has 0 aliphatic rings. The molecule has 0 unspecified atom stereocenters. The van der Waals surface area contributed by atoms with Gasteiger partial charge in [0, 0.05) is 11.6 Å². The Morgan fingerprint density at radius 2 is 2.15 bits per heavy atom. The molecule has 1 aromatic heterocycles. The summed E-state index contributed by atoms with van der Waals surface area (Å²) in [5.41, 5.74) is 2.26. The second-order valence-electron chi connectivity index (χ2n) is 4.23. The monoisotopic (exact) mass is 292 g/mol. The molecule has 1 aromatic carbocycles. The minimum Gasteiger partial charge on any atom is -0.487 e. The fraction of sp³-hybridized carbons (Fsp3) is 0.214. The van der Waals surface area contributed by atoms with Gasteiger partial charge in [0.15, 0.2) is 0 Å². The Hall–Kier alpha value is -2.14. The predicted molar refractivity (Wildman–Crippen MR) is 76.0 cm³/mol. The highest BCUT2D eigenvalue weighted by atomic mass is 35.5. The van der Waals surface area contributed by atoms with Crippen LogP contribution in [0.1, 0.15) is 16.8 Å². The molecule has 1 heterocycles. The van der Waals surface area contributed by atoms with Crippen molar-refractivity contribution < 1.29 is 9.66 Å². The van der Waals surface area contributed by atoms with Gasteiger partial charge in [0.05, 0.1) is 22.7 Å². The van der Waals surface area contributed by atoms with Crippen LogP contribution in [0.2, 0.25) is 0 Å². The number of hydrogen-bond donors (Lipinski definition) is 0. The number of ether oxygens (including phenoxy) is 1. The summed E-state index contributed by atoms with van der Waals surface area (Å²) in [5, 5.41) is 10.9. The van der Waals surface area contributed by atoms with Crippen LogP contribution in [-0.2, 0) is 12.5 Å². The quantitative estimate of drug-likeness (QED) is 0.479. The normalized spacial score (nSPS) is 10.3. The third-order valence-corrected chi connectivity index (χ3v) is 3.22. The van der Waals surface area contributed by atoms with E-state index in [4.69, 9.17) is 16.3 Å². The number of nitro groups is 1. The van der Waals surface area contributed by atoms with Gasteiger partial charge in [0.25, 0.3) is 5.69 Å². The topological polar surface area (TPSA) is 65.3 Å². The lowest BCUT2D eigenvalue weighted by Gasteiger charge is -2.09. The number of pyridine rings is 1. The van der Waals surface area contributed by atoms with Gasteiger partial charge < -0.3 is 4.74 Å². The molecule has 0 N–H and O–H groups in total. The van der Waals surface area contributed by atoms with Gasteiger partial charge in [-0.2, -0.15) is 0 Å². The minimum atomic E-state index is -0.393. The lowest BCUT2D eigenvalue weighted by atomic mass is 10.1. The number of aromatic nitrogens is 1. The molecule has 6 heteroatoms. The molecule has 0 aliphatic carbocycles. The van der Waals surface area contributed by atoms with Gasteiger partial charge in [-0.15, -0.1) is 11.6 Å². The fourth-order valence-electron chi connectivity index (χ4n) is 1.76. The number of alkyl halides is 1. The Balaban J connectivity index is 2.10. The summed E-state index contributed by atoms with van der Waals surface area (Å²) in [6.45, 7) is 1.97. The number of rotatable bonds is 5. The van der Waals surface area contributed by atoms with Gasteiger partial charge in [-0.25, -0.2) is 0 Å². The number of benzene rings is 1. The number of nitro benzene ring substituents is 1. The van der Waals surface area contributed by atoms with Crippen molar-refractivity contribution in [1.29, 1.82) is 0 Å². The maximum absolute atomic E-state index is 10.9. The maximum Gasteiger partial charge on any atom is 0.272 e. The zero-order valence-electron chi connectivity index (χ0n) is 10.9. The van der Waals surface area contributed by atoms with E-state index in [9.17, 15) is 10.1 Å². The van der Waals surface area contributed by atoms with Crippen LogP contribution >= 0.6 is 11.6 Å². The molecule has 0 bridgehead atoms. The molecule has 0 saturated heterocycles. The van der Waals surface area contributed by atoms with Crippen LogP contribution < -0.4 is 4.74 Å². The van der Waals surface area contributed by atoms with Crippen molar-refractivity contribution in [2.24, 2.45) is 0 Å². The van der Waals surface area contributed by atoms with E-state index in [1.807, 2.05) is 6.07 Å². The van der Waals surface area contributed by atoms with Crippen LogP contribution in [0.3, 0.4) is 0 Å². The van der Waals surface area contributed by atoms with E-state index in [1.165, 1.54) is 6.07 Å². The van der Waals surface area contributed by atoms with Crippen molar-refractivity contribution in [3.05, 3.63) is 63.5 Å². The van der Waals surface area contributed by atoms with Gasteiger partial charge in [-0.3, -0.25) is 15.1 Å². The average Bonchev–Trinajstić information content (AvgIpc) is 2.46. The van der Waals surface area contributed by atoms with Crippen LogP contribution in [-0.4, -0.2) is 9.91 Å². The van der Waals surface area contributed by atoms with Crippen LogP contribution in [0.15, 0.2) is 36.5 Å². The summed E-state index contributed by atoms with van der Waals surface area (Å²) < 4.78 is 5.58. The third-order valence-electron chi connectivity index (χ3n) is 2.94. The van der Waals surface area contributed by atoms with Gasteiger partial charge in [0.2, 0.25) is 0 Å². The van der Waals surface area contributed by atoms with Gasteiger partial charge in [-0.05, 0) is 24.6 Å². The summed E-state index contributed by atoms with van der Waals surface area (Å²) >= 11 is 5.65. The SMILES string of the molecule is Cc1c(COc2ccc(CCl)nc2)cccc1[N+](=O)[O-]. The van der Waals surface area contributed by atoms with Crippen LogP contribution in [0.5, 0.6) is 5.75 Å². The molecular weight excluding hydrogens is 280 g/mol. The Morgan fingerprint density at radius 1 is 1.35 bits per heavy atom. The van der Waals surface area contributed by atoms with E-state index in [-0.39, 0.29) is 12.3 Å². The van der Waals surface area contributed by atoms with Crippen molar-refractivity contribution in [3.63, 3.8) is 0 Å². The highest BCUT2D eigenvalue weighted by molar-refractivity contribution is 6.16. The number of hydrogen-bond acceptors (Lipinski definition) is 4. The lowest BCUT2D eigenvalue weighted by Crippen LogP contribution is -2.01. The standard InChI is InChI=1S/C14H13ClN2O3/c1-10-11(3-2-4-14(10)17(18)19)9-20-13-6-5-12(7-15)16-8-13/h2-6,8H,7,9H2,1H3. The van der Waals surface area contributed by atoms with E-state index in [2.05, 4.69) is 4.98 Å². The average molecular weight is 293 g/mol. The zero-order chi connectivity index (χ0) is 14.5. The molecule has 0 atom stereocenters. The molecule has 20 heavy (non-hydrogen) atoms. The first kappa shape index (κ1) is 14.3. The molecule has 2 aromatic rings. The summed E-state index contributed by atoms with van der Waals surface area (Å²) in [7, 11) is 0. The molecule has 2 rings (SSSR count). The lowest BCUT2D eigenvalue weighted by molar-refractivity contribution is -0.385. The van der Waals surface area contributed by atoms with E-state index in [0.29, 0.717) is 17.2 Å². The number of nitrogens with zero attached hydrogens (tertiary/aromatic N) is 2. The summed E-state index contributed by atoms with van der Waals surface area (Å²) in [6.07, 6.45) is 1.59. The van der Waals surface area contributed by atoms with Crippen LogP contribution in [0, 0.1) is 17.0 Å². The molecule has 0 radical (unpaired) electrons. The first-order chi connectivity index (χ1) is 9.61. The smallest absolute Gasteiger partial charge is 0.272 e. The highest BCUT2D eigenvalue weighted by Crippen LogP contribution is 2.22. The van der Waals surface area contributed by atoms with E-state index >= 15 is 0 Å². The van der Waals surface area contributed by atoms with E-state index in [0.717, 1.165) is 11.3 Å². The summed E-state index contributed by atoms with van der Waals surface area (Å²) in [4.78, 5) is 14.6. The van der Waals surface area contributed by atoms with E-state index < -0.39 is 4.92 Å². The van der Waals surface area contributed by atoms with Gasteiger partial charge in [0.1, 0.15) is 12.4 Å². The van der Waals surface area contributed by atoms with Crippen molar-refractivity contribution >= 4 is 17.3 Å². The predicted octanol–water partition coefficient (Wildman–Crippen LogP) is 3.62. The molecule has 5 nitrogen and oxygen atoms in total. The van der Waals surface area contributed by atoms with Crippen molar-refractivity contribution in [2.75, 3.05) is 0 Å². The molecule has 0 fully saturated rings. The van der Waals surface area contributed by atoms with Gasteiger partial charge >= 0.3 is 0 Å². The molecule has 0 spiro atoms. The second kappa shape index (κ2) is 6.34. The zero-order valence-corrected chi connectivity index (χ0v) is 11.6. The minimum absolute atomic E-state index is 0.0988. The molecule has 0 aliphatic heterocycles. The summed E-state index contributed by atoms with van der Waals surface area (Å²) in [6, 6.07) is 8.50. The Morgan fingerprint density at radius 3 is 2.75 bits per heavy atom. The molecule has 0 saturated carbocycles.